The standard InChI is InChI=1S/C28H27ClF3N5O3S/c1-27(2,3)40-26(39)37-9-8-19(14-37)34-25-35-24(38)23(41-25)20(15-5-7-22-17(10-15)13-33-36-22)11-16-4-6-18(29)12-21(16)28(30,31)32/h4-7,10-13,19,38H,8-9,14H2,1-3H3,(H,33,36)(H,34,35). The van der Waals surface area contributed by atoms with Crippen LogP contribution in [0.4, 0.5) is 23.1 Å². The number of amides is 1. The zero-order valence-corrected chi connectivity index (χ0v) is 23.9. The van der Waals surface area contributed by atoms with Crippen LogP contribution in [-0.4, -0.2) is 56.0 Å². The zero-order chi connectivity index (χ0) is 29.5. The number of hydrogen-bond donors (Lipinski definition) is 3. The molecule has 3 heterocycles. The molecule has 13 heteroatoms. The number of carbonyl (C=O) groups is 1. The Kier molecular flexibility index (Phi) is 7.64. The molecule has 1 aliphatic heterocycles. The molecule has 1 unspecified atom stereocenters. The summed E-state index contributed by atoms with van der Waals surface area (Å²) < 4.78 is 47.3. The lowest BCUT2D eigenvalue weighted by atomic mass is 9.98. The maximum atomic E-state index is 13.9. The quantitative estimate of drug-likeness (QED) is 0.205. The van der Waals surface area contributed by atoms with Crippen LogP contribution < -0.4 is 5.32 Å². The zero-order valence-electron chi connectivity index (χ0n) is 22.3. The molecule has 4 aromatic rings. The molecule has 1 fully saturated rings. The van der Waals surface area contributed by atoms with Crippen LogP contribution in [0.5, 0.6) is 5.88 Å². The molecular formula is C28H27ClF3N5O3S. The van der Waals surface area contributed by atoms with Gasteiger partial charge in [-0.25, -0.2) is 4.79 Å². The number of alkyl halides is 3. The van der Waals surface area contributed by atoms with Crippen molar-refractivity contribution in [2.24, 2.45) is 0 Å². The monoisotopic (exact) mass is 605 g/mol. The molecule has 1 saturated heterocycles. The van der Waals surface area contributed by atoms with Crippen LogP contribution in [-0.2, 0) is 10.9 Å². The highest BCUT2D eigenvalue weighted by atomic mass is 35.5. The highest BCUT2D eigenvalue weighted by molar-refractivity contribution is 7.17. The predicted octanol–water partition coefficient (Wildman–Crippen LogP) is 7.41. The van der Waals surface area contributed by atoms with Crippen LogP contribution >= 0.6 is 22.9 Å². The van der Waals surface area contributed by atoms with Crippen LogP contribution in [0.25, 0.3) is 22.6 Å². The van der Waals surface area contributed by atoms with Crippen molar-refractivity contribution in [2.75, 3.05) is 18.4 Å². The van der Waals surface area contributed by atoms with Crippen LogP contribution in [0.1, 0.15) is 48.8 Å². The number of fused-ring (bicyclic) bond motifs is 1. The molecule has 216 valence electrons. The average molecular weight is 606 g/mol. The van der Waals surface area contributed by atoms with Crippen LogP contribution in [0.2, 0.25) is 5.02 Å². The van der Waals surface area contributed by atoms with Gasteiger partial charge in [0.25, 0.3) is 0 Å². The number of nitrogens with one attached hydrogen (secondary N) is 2. The minimum Gasteiger partial charge on any atom is -0.492 e. The molecule has 41 heavy (non-hydrogen) atoms. The molecule has 0 spiro atoms. The minimum atomic E-state index is -4.65. The van der Waals surface area contributed by atoms with Crippen LogP contribution in [0.15, 0.2) is 42.6 Å². The number of anilines is 1. The third kappa shape index (κ3) is 6.59. The van der Waals surface area contributed by atoms with Crippen molar-refractivity contribution in [1.82, 2.24) is 20.1 Å². The van der Waals surface area contributed by atoms with Gasteiger partial charge in [-0.05, 0) is 68.7 Å². The third-order valence-corrected chi connectivity index (χ3v) is 7.64. The molecule has 1 atom stereocenters. The Morgan fingerprint density at radius 1 is 1.24 bits per heavy atom. The summed E-state index contributed by atoms with van der Waals surface area (Å²) in [5.41, 5.74) is 0.0202. The minimum absolute atomic E-state index is 0.0417. The van der Waals surface area contributed by atoms with Crippen LogP contribution in [0, 0.1) is 0 Å². The Morgan fingerprint density at radius 2 is 2.02 bits per heavy atom. The van der Waals surface area contributed by atoms with Crippen molar-refractivity contribution >= 4 is 56.7 Å². The number of carbonyl (C=O) groups excluding carboxylic acids is 1. The summed E-state index contributed by atoms with van der Waals surface area (Å²) in [6.07, 6.45) is -1.45. The van der Waals surface area contributed by atoms with Gasteiger partial charge in [0.05, 0.1) is 17.3 Å². The van der Waals surface area contributed by atoms with Crippen molar-refractivity contribution in [1.29, 1.82) is 0 Å². The number of nitrogens with zero attached hydrogens (tertiary/aromatic N) is 3. The molecule has 8 nitrogen and oxygen atoms in total. The smallest absolute Gasteiger partial charge is 0.417 e. The van der Waals surface area contributed by atoms with E-state index >= 15 is 0 Å². The molecule has 2 aromatic heterocycles. The first-order valence-corrected chi connectivity index (χ1v) is 13.9. The highest BCUT2D eigenvalue weighted by Crippen LogP contribution is 2.42. The number of aromatic nitrogens is 3. The molecule has 2 aromatic carbocycles. The molecule has 1 aliphatic rings. The number of benzene rings is 2. The number of aromatic amines is 1. The van der Waals surface area contributed by atoms with Gasteiger partial charge in [-0.2, -0.15) is 23.3 Å². The number of ether oxygens (including phenoxy) is 1. The SMILES string of the molecule is CC(C)(C)OC(=O)N1CCC(Nc2nc(O)c(C(=Cc3ccc(Cl)cc3C(F)(F)F)c3ccc4[nH]ncc4c3)s2)C1. The second-order valence-electron chi connectivity index (χ2n) is 10.7. The van der Waals surface area contributed by atoms with Crippen molar-refractivity contribution in [3.8, 4) is 5.88 Å². The first kappa shape index (κ1) is 28.7. The van der Waals surface area contributed by atoms with Gasteiger partial charge in [0.15, 0.2) is 5.13 Å². The number of H-pyrrole nitrogens is 1. The molecular weight excluding hydrogens is 579 g/mol. The summed E-state index contributed by atoms with van der Waals surface area (Å²) in [6, 6.07) is 8.67. The molecule has 0 aliphatic carbocycles. The van der Waals surface area contributed by atoms with Crippen molar-refractivity contribution in [3.63, 3.8) is 0 Å². The summed E-state index contributed by atoms with van der Waals surface area (Å²) in [5, 5.41) is 22.1. The number of hydrogen-bond acceptors (Lipinski definition) is 7. The van der Waals surface area contributed by atoms with Gasteiger partial charge in [0.2, 0.25) is 5.88 Å². The number of halogens is 4. The Bertz CT molecular complexity index is 1630. The van der Waals surface area contributed by atoms with E-state index in [4.69, 9.17) is 16.3 Å². The first-order chi connectivity index (χ1) is 19.3. The van der Waals surface area contributed by atoms with Gasteiger partial charge in [0.1, 0.15) is 10.5 Å². The number of aromatic hydroxyl groups is 1. The fourth-order valence-electron chi connectivity index (χ4n) is 4.54. The van der Waals surface area contributed by atoms with Gasteiger partial charge in [-0.3, -0.25) is 5.10 Å². The van der Waals surface area contributed by atoms with E-state index in [0.29, 0.717) is 35.8 Å². The van der Waals surface area contributed by atoms with Crippen molar-refractivity contribution < 1.29 is 27.8 Å². The number of thiazole rings is 1. The van der Waals surface area contributed by atoms with Gasteiger partial charge in [-0.15, -0.1) is 0 Å². The fourth-order valence-corrected chi connectivity index (χ4v) is 5.69. The Labute approximate surface area is 242 Å². The van der Waals surface area contributed by atoms with Gasteiger partial charge in [0, 0.05) is 35.1 Å². The summed E-state index contributed by atoms with van der Waals surface area (Å²) in [6.45, 7) is 6.27. The summed E-state index contributed by atoms with van der Waals surface area (Å²) in [7, 11) is 0. The number of rotatable bonds is 5. The van der Waals surface area contributed by atoms with E-state index in [-0.39, 0.29) is 27.4 Å². The van der Waals surface area contributed by atoms with E-state index in [2.05, 4.69) is 20.5 Å². The van der Waals surface area contributed by atoms with Crippen molar-refractivity contribution in [3.05, 3.63) is 69.2 Å². The van der Waals surface area contributed by atoms with E-state index in [1.807, 2.05) is 0 Å². The molecule has 3 N–H and O–H groups in total. The molecule has 1 amide bonds. The Balaban J connectivity index is 1.49. The second kappa shape index (κ2) is 10.9. The normalized spacial score (nSPS) is 16.4. The van der Waals surface area contributed by atoms with E-state index in [1.54, 1.807) is 50.1 Å². The van der Waals surface area contributed by atoms with E-state index in [1.165, 1.54) is 18.2 Å². The molecule has 0 radical (unpaired) electrons. The van der Waals surface area contributed by atoms with Gasteiger partial charge >= 0.3 is 12.3 Å². The average Bonchev–Trinajstić information content (AvgIpc) is 3.61. The van der Waals surface area contributed by atoms with Crippen LogP contribution in [0.3, 0.4) is 0 Å². The first-order valence-electron chi connectivity index (χ1n) is 12.7. The summed E-state index contributed by atoms with van der Waals surface area (Å²) in [5.74, 6) is -0.333. The van der Waals surface area contributed by atoms with E-state index in [0.717, 1.165) is 28.3 Å². The maximum Gasteiger partial charge on any atom is 0.417 e. The fraction of sp³-hybridized carbons (Fsp3) is 0.321. The van der Waals surface area contributed by atoms with Crippen molar-refractivity contribution in [2.45, 2.75) is 45.0 Å². The second-order valence-corrected chi connectivity index (χ2v) is 12.1. The lowest BCUT2D eigenvalue weighted by molar-refractivity contribution is -0.137. The van der Waals surface area contributed by atoms with Gasteiger partial charge < -0.3 is 20.1 Å². The van der Waals surface area contributed by atoms with E-state index < -0.39 is 23.4 Å². The molecule has 5 rings (SSSR count). The molecule has 0 saturated carbocycles. The summed E-state index contributed by atoms with van der Waals surface area (Å²) >= 11 is 7.00. The van der Waals surface area contributed by atoms with Gasteiger partial charge in [-0.1, -0.05) is 35.1 Å². The predicted molar refractivity (Wildman–Crippen MR) is 153 cm³/mol. The Hall–Kier alpha value is -3.77. The topological polar surface area (TPSA) is 103 Å². The summed E-state index contributed by atoms with van der Waals surface area (Å²) in [4.78, 5) is 18.6. The van der Waals surface area contributed by atoms with E-state index in [9.17, 15) is 23.1 Å². The Morgan fingerprint density at radius 3 is 2.76 bits per heavy atom. The number of likely N-dealkylation sites (tertiary alicyclic amines) is 1. The molecule has 0 bridgehead atoms. The lowest BCUT2D eigenvalue weighted by Crippen LogP contribution is -2.36. The maximum absolute atomic E-state index is 13.9. The lowest BCUT2D eigenvalue weighted by Gasteiger charge is -2.24. The highest BCUT2D eigenvalue weighted by Gasteiger charge is 2.34. The third-order valence-electron chi connectivity index (χ3n) is 6.39. The largest absolute Gasteiger partial charge is 0.492 e.